The van der Waals surface area contributed by atoms with Crippen LogP contribution in [0.4, 0.5) is 27.5 Å². The summed E-state index contributed by atoms with van der Waals surface area (Å²) in [5, 5.41) is 7.23. The Balaban J connectivity index is 1.56. The van der Waals surface area contributed by atoms with Crippen LogP contribution in [-0.2, 0) is 0 Å². The number of halogens is 1. The Morgan fingerprint density at radius 2 is 1.72 bits per heavy atom. The SMILES string of the molecule is Fc1cccc(Nc2nccc(Nc3cnc4ccccc4c3)n2)c1. The van der Waals surface area contributed by atoms with Crippen molar-refractivity contribution in [3.8, 4) is 0 Å². The second kappa shape index (κ2) is 6.52. The van der Waals surface area contributed by atoms with Crippen molar-refractivity contribution in [2.75, 3.05) is 10.6 Å². The maximum atomic E-state index is 13.3. The fourth-order valence-corrected chi connectivity index (χ4v) is 2.47. The highest BCUT2D eigenvalue weighted by Gasteiger charge is 2.03. The first-order valence-electron chi connectivity index (χ1n) is 7.74. The van der Waals surface area contributed by atoms with Crippen LogP contribution in [0.25, 0.3) is 10.9 Å². The van der Waals surface area contributed by atoms with Gasteiger partial charge in [-0.05, 0) is 36.4 Å². The minimum atomic E-state index is -0.318. The molecule has 0 atom stereocenters. The number of aromatic nitrogens is 3. The van der Waals surface area contributed by atoms with Gasteiger partial charge in [0, 0.05) is 17.3 Å². The van der Waals surface area contributed by atoms with Gasteiger partial charge in [0.1, 0.15) is 11.6 Å². The molecule has 0 amide bonds. The quantitative estimate of drug-likeness (QED) is 0.570. The van der Waals surface area contributed by atoms with Crippen LogP contribution in [0.3, 0.4) is 0 Å². The van der Waals surface area contributed by atoms with Crippen molar-refractivity contribution in [3.63, 3.8) is 0 Å². The van der Waals surface area contributed by atoms with E-state index in [1.165, 1.54) is 12.1 Å². The molecule has 0 aliphatic rings. The number of hydrogen-bond donors (Lipinski definition) is 2. The fraction of sp³-hybridized carbons (Fsp3) is 0. The smallest absolute Gasteiger partial charge is 0.229 e. The number of para-hydroxylation sites is 1. The van der Waals surface area contributed by atoms with Crippen LogP contribution < -0.4 is 10.6 Å². The summed E-state index contributed by atoms with van der Waals surface area (Å²) < 4.78 is 13.3. The highest BCUT2D eigenvalue weighted by molar-refractivity contribution is 5.82. The molecule has 2 aromatic carbocycles. The number of nitrogens with one attached hydrogen (secondary N) is 2. The lowest BCUT2D eigenvalue weighted by Crippen LogP contribution is -2.00. The Morgan fingerprint density at radius 3 is 2.64 bits per heavy atom. The summed E-state index contributed by atoms with van der Waals surface area (Å²) in [5.41, 5.74) is 2.35. The summed E-state index contributed by atoms with van der Waals surface area (Å²) in [5.74, 6) is 0.678. The topological polar surface area (TPSA) is 62.7 Å². The van der Waals surface area contributed by atoms with Gasteiger partial charge in [0.05, 0.1) is 17.4 Å². The van der Waals surface area contributed by atoms with Crippen LogP contribution >= 0.6 is 0 Å². The lowest BCUT2D eigenvalue weighted by molar-refractivity contribution is 0.628. The van der Waals surface area contributed by atoms with E-state index >= 15 is 0 Å². The average Bonchev–Trinajstić information content (AvgIpc) is 2.62. The van der Waals surface area contributed by atoms with E-state index in [4.69, 9.17) is 0 Å². The predicted octanol–water partition coefficient (Wildman–Crippen LogP) is 4.65. The van der Waals surface area contributed by atoms with Gasteiger partial charge in [-0.15, -0.1) is 0 Å². The van der Waals surface area contributed by atoms with Crippen molar-refractivity contribution >= 4 is 34.0 Å². The van der Waals surface area contributed by atoms with Crippen molar-refractivity contribution in [1.82, 2.24) is 15.0 Å². The molecule has 2 heterocycles. The van der Waals surface area contributed by atoms with E-state index in [0.717, 1.165) is 16.6 Å². The summed E-state index contributed by atoms with van der Waals surface area (Å²) in [6.07, 6.45) is 3.38. The minimum Gasteiger partial charge on any atom is -0.339 e. The molecule has 0 unspecified atom stereocenters. The fourth-order valence-electron chi connectivity index (χ4n) is 2.47. The summed E-state index contributed by atoms with van der Waals surface area (Å²) >= 11 is 0. The van der Waals surface area contributed by atoms with E-state index in [0.29, 0.717) is 17.5 Å². The van der Waals surface area contributed by atoms with E-state index in [1.807, 2.05) is 30.3 Å². The third-order valence-electron chi connectivity index (χ3n) is 3.60. The maximum Gasteiger partial charge on any atom is 0.229 e. The summed E-state index contributed by atoms with van der Waals surface area (Å²) in [6, 6.07) is 17.8. The molecular weight excluding hydrogens is 317 g/mol. The molecule has 2 aromatic heterocycles. The molecule has 0 bridgehead atoms. The first-order chi connectivity index (χ1) is 12.3. The highest BCUT2D eigenvalue weighted by Crippen LogP contribution is 2.20. The Kier molecular flexibility index (Phi) is 3.92. The number of nitrogens with zero attached hydrogens (tertiary/aromatic N) is 3. The Bertz CT molecular complexity index is 1030. The Labute approximate surface area is 143 Å². The third-order valence-corrected chi connectivity index (χ3v) is 3.60. The normalized spacial score (nSPS) is 10.6. The lowest BCUT2D eigenvalue weighted by atomic mass is 10.2. The van der Waals surface area contributed by atoms with Gasteiger partial charge >= 0.3 is 0 Å². The molecule has 2 N–H and O–H groups in total. The third kappa shape index (κ3) is 3.53. The number of fused-ring (bicyclic) bond motifs is 1. The largest absolute Gasteiger partial charge is 0.339 e. The van der Waals surface area contributed by atoms with Crippen LogP contribution in [0.1, 0.15) is 0 Å². The molecule has 0 aliphatic heterocycles. The summed E-state index contributed by atoms with van der Waals surface area (Å²) in [4.78, 5) is 13.0. The summed E-state index contributed by atoms with van der Waals surface area (Å²) in [7, 11) is 0. The first-order valence-corrected chi connectivity index (χ1v) is 7.74. The zero-order valence-electron chi connectivity index (χ0n) is 13.1. The molecule has 0 saturated heterocycles. The molecule has 0 spiro atoms. The van der Waals surface area contributed by atoms with Gasteiger partial charge in [-0.1, -0.05) is 24.3 Å². The zero-order valence-corrected chi connectivity index (χ0v) is 13.1. The number of benzene rings is 2. The van der Waals surface area contributed by atoms with E-state index in [1.54, 1.807) is 30.6 Å². The van der Waals surface area contributed by atoms with Gasteiger partial charge in [0.15, 0.2) is 0 Å². The van der Waals surface area contributed by atoms with Gasteiger partial charge in [0.25, 0.3) is 0 Å². The molecule has 25 heavy (non-hydrogen) atoms. The number of pyridine rings is 1. The van der Waals surface area contributed by atoms with Gasteiger partial charge in [0.2, 0.25) is 5.95 Å². The molecule has 0 radical (unpaired) electrons. The van der Waals surface area contributed by atoms with E-state index in [-0.39, 0.29) is 5.82 Å². The molecule has 6 heteroatoms. The van der Waals surface area contributed by atoms with E-state index in [9.17, 15) is 4.39 Å². The Hall–Kier alpha value is -3.54. The molecule has 0 aliphatic carbocycles. The zero-order chi connectivity index (χ0) is 17.1. The van der Waals surface area contributed by atoms with Crippen LogP contribution in [0.5, 0.6) is 0 Å². The number of rotatable bonds is 4. The van der Waals surface area contributed by atoms with E-state index < -0.39 is 0 Å². The predicted molar refractivity (Wildman–Crippen MR) is 96.7 cm³/mol. The van der Waals surface area contributed by atoms with Crippen molar-refractivity contribution < 1.29 is 4.39 Å². The van der Waals surface area contributed by atoms with Crippen LogP contribution in [-0.4, -0.2) is 15.0 Å². The lowest BCUT2D eigenvalue weighted by Gasteiger charge is -2.09. The standard InChI is InChI=1S/C19H14FN5/c20-14-5-3-6-15(11-14)24-19-21-9-8-18(25-19)23-16-10-13-4-1-2-7-17(13)22-12-16/h1-12H,(H2,21,23,24,25). The van der Waals surface area contributed by atoms with Gasteiger partial charge in [-0.25, -0.2) is 9.37 Å². The number of anilines is 4. The Morgan fingerprint density at radius 1 is 0.800 bits per heavy atom. The first kappa shape index (κ1) is 15.0. The monoisotopic (exact) mass is 331 g/mol. The molecule has 5 nitrogen and oxygen atoms in total. The molecular formula is C19H14FN5. The van der Waals surface area contributed by atoms with Crippen molar-refractivity contribution in [1.29, 1.82) is 0 Å². The molecule has 4 aromatic rings. The van der Waals surface area contributed by atoms with Gasteiger partial charge < -0.3 is 10.6 Å². The second-order valence-electron chi connectivity index (χ2n) is 5.44. The summed E-state index contributed by atoms with van der Waals surface area (Å²) in [6.45, 7) is 0. The van der Waals surface area contributed by atoms with Crippen LogP contribution in [0.2, 0.25) is 0 Å². The van der Waals surface area contributed by atoms with Crippen LogP contribution in [0.15, 0.2) is 73.1 Å². The average molecular weight is 331 g/mol. The van der Waals surface area contributed by atoms with Crippen molar-refractivity contribution in [2.45, 2.75) is 0 Å². The van der Waals surface area contributed by atoms with E-state index in [2.05, 4.69) is 25.6 Å². The van der Waals surface area contributed by atoms with Crippen molar-refractivity contribution in [2.24, 2.45) is 0 Å². The molecule has 4 rings (SSSR count). The highest BCUT2D eigenvalue weighted by atomic mass is 19.1. The van der Waals surface area contributed by atoms with Gasteiger partial charge in [-0.3, -0.25) is 4.98 Å². The molecule has 0 fully saturated rings. The minimum absolute atomic E-state index is 0.318. The molecule has 0 saturated carbocycles. The second-order valence-corrected chi connectivity index (χ2v) is 5.44. The van der Waals surface area contributed by atoms with Gasteiger partial charge in [-0.2, -0.15) is 4.98 Å². The molecule has 122 valence electrons. The van der Waals surface area contributed by atoms with Crippen LogP contribution in [0, 0.1) is 5.82 Å². The maximum absolute atomic E-state index is 13.3. The van der Waals surface area contributed by atoms with Crippen molar-refractivity contribution in [3.05, 3.63) is 78.9 Å². The number of hydrogen-bond acceptors (Lipinski definition) is 5.